The van der Waals surface area contributed by atoms with Gasteiger partial charge in [-0.05, 0) is 38.0 Å². The molecular weight excluding hydrogens is 264 g/mol. The molecule has 1 heterocycles. The number of piperidine rings is 1. The number of nitrogens with one attached hydrogen (secondary N) is 1. The van der Waals surface area contributed by atoms with Crippen LogP contribution in [0.4, 0.5) is 0 Å². The van der Waals surface area contributed by atoms with Crippen LogP contribution in [0.15, 0.2) is 11.6 Å². The van der Waals surface area contributed by atoms with Crippen molar-refractivity contribution in [3.63, 3.8) is 0 Å². The maximum absolute atomic E-state index is 12.5. The number of carbonyl (C=O) groups is 2. The van der Waals surface area contributed by atoms with Crippen LogP contribution < -0.4 is 5.32 Å². The molecule has 0 bridgehead atoms. The normalized spacial score (nSPS) is 28.0. The average Bonchev–Trinajstić information content (AvgIpc) is 2.90. The maximum atomic E-state index is 12.5. The molecule has 1 N–H and O–H groups in total. The molecule has 1 saturated carbocycles. The van der Waals surface area contributed by atoms with Gasteiger partial charge in [-0.2, -0.15) is 0 Å². The van der Waals surface area contributed by atoms with Crippen LogP contribution in [0.2, 0.25) is 0 Å². The molecule has 0 aromatic rings. The Morgan fingerprint density at radius 1 is 1.14 bits per heavy atom. The van der Waals surface area contributed by atoms with E-state index < -0.39 is 0 Å². The van der Waals surface area contributed by atoms with E-state index in [9.17, 15) is 9.59 Å². The lowest BCUT2D eigenvalue weighted by Crippen LogP contribution is -2.46. The molecule has 2 fully saturated rings. The molecule has 2 atom stereocenters. The van der Waals surface area contributed by atoms with Crippen LogP contribution in [0.1, 0.15) is 47.5 Å². The van der Waals surface area contributed by atoms with Gasteiger partial charge in [-0.15, -0.1) is 0 Å². The molecule has 0 aromatic carbocycles. The number of amides is 2. The van der Waals surface area contributed by atoms with Crippen molar-refractivity contribution in [3.8, 4) is 0 Å². The number of likely N-dealkylation sites (tertiary alicyclic amines) is 1. The smallest absolute Gasteiger partial charge is 0.224 e. The number of carbonyl (C=O) groups excluding carboxylic acids is 2. The van der Waals surface area contributed by atoms with Crippen molar-refractivity contribution in [3.05, 3.63) is 11.6 Å². The van der Waals surface area contributed by atoms with Gasteiger partial charge in [0, 0.05) is 26.1 Å². The highest BCUT2D eigenvalue weighted by atomic mass is 16.2. The highest BCUT2D eigenvalue weighted by Gasteiger charge is 2.60. The molecule has 0 unspecified atom stereocenters. The van der Waals surface area contributed by atoms with Crippen molar-refractivity contribution in [2.24, 2.45) is 17.3 Å². The van der Waals surface area contributed by atoms with Crippen molar-refractivity contribution < 1.29 is 9.59 Å². The Balaban J connectivity index is 1.86. The standard InChI is InChI=1S/C17H28N2O2/c1-11(2)10-14-15(17(14,4)5)16(21)18-13-6-8-19(9-7-13)12(3)20/h10,13-15H,6-9H2,1-5H3,(H,18,21)/t14-,15+/m0/s1. The van der Waals surface area contributed by atoms with E-state index >= 15 is 0 Å². The predicted octanol–water partition coefficient (Wildman–Crippen LogP) is 2.35. The van der Waals surface area contributed by atoms with Crippen molar-refractivity contribution >= 4 is 11.8 Å². The molecule has 1 saturated heterocycles. The molecule has 0 radical (unpaired) electrons. The maximum Gasteiger partial charge on any atom is 0.224 e. The summed E-state index contributed by atoms with van der Waals surface area (Å²) in [6, 6.07) is 0.219. The molecule has 2 aliphatic rings. The van der Waals surface area contributed by atoms with Gasteiger partial charge in [-0.1, -0.05) is 25.5 Å². The Kier molecular flexibility index (Phi) is 4.45. The topological polar surface area (TPSA) is 49.4 Å². The van der Waals surface area contributed by atoms with Crippen LogP contribution in [-0.4, -0.2) is 35.8 Å². The summed E-state index contributed by atoms with van der Waals surface area (Å²) in [4.78, 5) is 25.6. The third-order valence-corrected chi connectivity index (χ3v) is 4.99. The van der Waals surface area contributed by atoms with Crippen LogP contribution in [0, 0.1) is 17.3 Å². The zero-order valence-corrected chi connectivity index (χ0v) is 13.9. The first-order valence-electron chi connectivity index (χ1n) is 7.94. The molecule has 1 aliphatic carbocycles. The Hall–Kier alpha value is -1.32. The van der Waals surface area contributed by atoms with E-state index in [2.05, 4.69) is 39.1 Å². The molecule has 0 aromatic heterocycles. The summed E-state index contributed by atoms with van der Waals surface area (Å²) in [7, 11) is 0. The van der Waals surface area contributed by atoms with Gasteiger partial charge in [0.1, 0.15) is 0 Å². The van der Waals surface area contributed by atoms with E-state index in [-0.39, 0.29) is 29.2 Å². The van der Waals surface area contributed by atoms with Crippen LogP contribution in [0.5, 0.6) is 0 Å². The molecule has 4 heteroatoms. The second-order valence-corrected chi connectivity index (χ2v) is 7.36. The summed E-state index contributed by atoms with van der Waals surface area (Å²) in [5, 5.41) is 3.19. The highest BCUT2D eigenvalue weighted by molar-refractivity contribution is 5.84. The van der Waals surface area contributed by atoms with E-state index in [0.717, 1.165) is 25.9 Å². The van der Waals surface area contributed by atoms with E-state index in [1.54, 1.807) is 6.92 Å². The van der Waals surface area contributed by atoms with E-state index in [1.807, 2.05) is 4.90 Å². The van der Waals surface area contributed by atoms with Gasteiger partial charge in [0.05, 0.1) is 5.92 Å². The minimum absolute atomic E-state index is 0.0709. The SMILES string of the molecule is CC(=O)N1CCC(NC(=O)[C@H]2[C@H](C=C(C)C)C2(C)C)CC1. The molecule has 4 nitrogen and oxygen atoms in total. The van der Waals surface area contributed by atoms with Crippen LogP contribution >= 0.6 is 0 Å². The first-order chi connectivity index (χ1) is 9.73. The number of hydrogen-bond acceptors (Lipinski definition) is 2. The minimum atomic E-state index is 0.0709. The third-order valence-electron chi connectivity index (χ3n) is 4.99. The van der Waals surface area contributed by atoms with Crippen molar-refractivity contribution in [1.29, 1.82) is 0 Å². The van der Waals surface area contributed by atoms with E-state index in [4.69, 9.17) is 0 Å². The molecule has 1 aliphatic heterocycles. The third kappa shape index (κ3) is 3.47. The van der Waals surface area contributed by atoms with E-state index in [1.165, 1.54) is 5.57 Å². The van der Waals surface area contributed by atoms with Gasteiger partial charge < -0.3 is 10.2 Å². The molecule has 0 spiro atoms. The van der Waals surface area contributed by atoms with Gasteiger partial charge >= 0.3 is 0 Å². The summed E-state index contributed by atoms with van der Waals surface area (Å²) < 4.78 is 0. The fraction of sp³-hybridized carbons (Fsp3) is 0.765. The van der Waals surface area contributed by atoms with Crippen molar-refractivity contribution in [2.45, 2.75) is 53.5 Å². The zero-order valence-electron chi connectivity index (χ0n) is 13.9. The average molecular weight is 292 g/mol. The van der Waals surface area contributed by atoms with E-state index in [0.29, 0.717) is 5.92 Å². The molecule has 118 valence electrons. The van der Waals surface area contributed by atoms with Crippen molar-refractivity contribution in [2.75, 3.05) is 13.1 Å². The quantitative estimate of drug-likeness (QED) is 0.812. The number of hydrogen-bond donors (Lipinski definition) is 1. The van der Waals surface area contributed by atoms with Crippen molar-refractivity contribution in [1.82, 2.24) is 10.2 Å². The molecule has 2 amide bonds. The molecular formula is C17H28N2O2. The fourth-order valence-corrected chi connectivity index (χ4v) is 3.48. The monoisotopic (exact) mass is 292 g/mol. The lowest BCUT2D eigenvalue weighted by Gasteiger charge is -2.31. The number of nitrogens with zero attached hydrogens (tertiary/aromatic N) is 1. The first kappa shape index (κ1) is 16.1. The van der Waals surface area contributed by atoms with Crippen LogP contribution in [-0.2, 0) is 9.59 Å². The first-order valence-corrected chi connectivity index (χ1v) is 7.94. The Labute approximate surface area is 128 Å². The summed E-state index contributed by atoms with van der Waals surface area (Å²) in [5.41, 5.74) is 1.35. The lowest BCUT2D eigenvalue weighted by atomic mass is 10.0. The Morgan fingerprint density at radius 3 is 2.19 bits per heavy atom. The Bertz CT molecular complexity index is 455. The van der Waals surface area contributed by atoms with Gasteiger partial charge in [0.25, 0.3) is 0 Å². The summed E-state index contributed by atoms with van der Waals surface area (Å²) >= 11 is 0. The van der Waals surface area contributed by atoms with Crippen LogP contribution in [0.3, 0.4) is 0 Å². The predicted molar refractivity (Wildman–Crippen MR) is 83.6 cm³/mol. The van der Waals surface area contributed by atoms with Crippen LogP contribution in [0.25, 0.3) is 0 Å². The number of rotatable bonds is 3. The minimum Gasteiger partial charge on any atom is -0.353 e. The van der Waals surface area contributed by atoms with Gasteiger partial charge in [0.15, 0.2) is 0 Å². The second kappa shape index (κ2) is 5.82. The summed E-state index contributed by atoms with van der Waals surface area (Å²) in [6.45, 7) is 11.6. The van der Waals surface area contributed by atoms with Gasteiger partial charge in [-0.25, -0.2) is 0 Å². The lowest BCUT2D eigenvalue weighted by molar-refractivity contribution is -0.130. The summed E-state index contributed by atoms with van der Waals surface area (Å²) in [5.74, 6) is 0.772. The second-order valence-electron chi connectivity index (χ2n) is 7.36. The van der Waals surface area contributed by atoms with Gasteiger partial charge in [0.2, 0.25) is 11.8 Å². The largest absolute Gasteiger partial charge is 0.353 e. The summed E-state index contributed by atoms with van der Waals surface area (Å²) in [6.07, 6.45) is 3.96. The zero-order chi connectivity index (χ0) is 15.8. The Morgan fingerprint density at radius 2 is 1.71 bits per heavy atom. The number of allylic oxidation sites excluding steroid dienone is 2. The molecule has 2 rings (SSSR count). The molecule has 21 heavy (non-hydrogen) atoms. The van der Waals surface area contributed by atoms with Gasteiger partial charge in [-0.3, -0.25) is 9.59 Å². The fourth-order valence-electron chi connectivity index (χ4n) is 3.48. The highest BCUT2D eigenvalue weighted by Crippen LogP contribution is 2.59.